The number of ketones is 1. The van der Waals surface area contributed by atoms with Crippen LogP contribution < -0.4 is 0 Å². The maximum atomic E-state index is 12.1. The number of rotatable bonds is 2. The van der Waals surface area contributed by atoms with Crippen LogP contribution in [0.5, 0.6) is 0 Å². The first kappa shape index (κ1) is 10.4. The van der Waals surface area contributed by atoms with E-state index in [1.807, 2.05) is 6.92 Å². The molecule has 0 saturated heterocycles. The van der Waals surface area contributed by atoms with Gasteiger partial charge in [-0.05, 0) is 31.7 Å². The highest BCUT2D eigenvalue weighted by atomic mass is 16.3. The summed E-state index contributed by atoms with van der Waals surface area (Å²) in [5.41, 5.74) is 4.17. The van der Waals surface area contributed by atoms with Gasteiger partial charge in [0, 0.05) is 22.9 Å². The Morgan fingerprint density at radius 3 is 2.87 bits per heavy atom. The van der Waals surface area contributed by atoms with Gasteiger partial charge in [-0.25, -0.2) is 0 Å². The van der Waals surface area contributed by atoms with Crippen molar-refractivity contribution in [1.29, 1.82) is 0 Å². The van der Waals surface area contributed by atoms with Crippen molar-refractivity contribution in [2.24, 2.45) is 5.92 Å². The van der Waals surface area contributed by atoms with Gasteiger partial charge in [0.25, 0.3) is 0 Å². The number of aromatic amines is 1. The first-order chi connectivity index (χ1) is 7.19. The molecule has 1 aromatic rings. The molecule has 0 aliphatic heterocycles. The lowest BCUT2D eigenvalue weighted by Crippen LogP contribution is -2.25. The quantitative estimate of drug-likeness (QED) is 0.774. The van der Waals surface area contributed by atoms with E-state index in [-0.39, 0.29) is 18.3 Å². The minimum atomic E-state index is -0.182. The Kier molecular flexibility index (Phi) is 2.65. The second kappa shape index (κ2) is 3.81. The van der Waals surface area contributed by atoms with Gasteiger partial charge in [-0.2, -0.15) is 0 Å². The van der Waals surface area contributed by atoms with Gasteiger partial charge in [-0.15, -0.1) is 0 Å². The van der Waals surface area contributed by atoms with Crippen LogP contribution in [0.1, 0.15) is 40.7 Å². The van der Waals surface area contributed by atoms with E-state index in [1.54, 1.807) is 0 Å². The molecule has 1 heterocycles. The van der Waals surface area contributed by atoms with E-state index >= 15 is 0 Å². The molecule has 0 bridgehead atoms. The summed E-state index contributed by atoms with van der Waals surface area (Å²) in [5.74, 6) is -0.0575. The Balaban J connectivity index is 2.49. The van der Waals surface area contributed by atoms with Gasteiger partial charge in [0.05, 0.1) is 6.61 Å². The molecular weight excluding hydrogens is 190 g/mol. The first-order valence-corrected chi connectivity index (χ1v) is 5.54. The molecule has 1 atom stereocenters. The third kappa shape index (κ3) is 1.51. The third-order valence-electron chi connectivity index (χ3n) is 3.33. The number of H-pyrrole nitrogens is 1. The number of carbonyl (C=O) groups is 1. The molecule has 3 nitrogen and oxygen atoms in total. The number of aliphatic hydroxyl groups excluding tert-OH is 1. The van der Waals surface area contributed by atoms with E-state index < -0.39 is 0 Å². The standard InChI is InChI=1S/C12H17NO2/c1-3-9-7(2)13-10-5-4-8(6-14)12(15)11(9)10/h8,13-14H,3-6H2,1-2H3/t8-/m0/s1. The third-order valence-corrected chi connectivity index (χ3v) is 3.33. The summed E-state index contributed by atoms with van der Waals surface area (Å²) in [6.07, 6.45) is 2.53. The van der Waals surface area contributed by atoms with Crippen LogP contribution in [0.2, 0.25) is 0 Å². The highest BCUT2D eigenvalue weighted by molar-refractivity contribution is 6.01. The highest BCUT2D eigenvalue weighted by Crippen LogP contribution is 2.29. The number of hydrogen-bond donors (Lipinski definition) is 2. The van der Waals surface area contributed by atoms with Crippen molar-refractivity contribution in [1.82, 2.24) is 4.98 Å². The molecule has 2 N–H and O–H groups in total. The van der Waals surface area contributed by atoms with Gasteiger partial charge in [0.15, 0.2) is 5.78 Å². The topological polar surface area (TPSA) is 53.1 Å². The monoisotopic (exact) mass is 207 g/mol. The van der Waals surface area contributed by atoms with E-state index in [9.17, 15) is 4.79 Å². The summed E-state index contributed by atoms with van der Waals surface area (Å²) in [4.78, 5) is 15.3. The fourth-order valence-corrected chi connectivity index (χ4v) is 2.49. The lowest BCUT2D eigenvalue weighted by molar-refractivity contribution is 0.0836. The average Bonchev–Trinajstić information content (AvgIpc) is 2.55. The molecular formula is C12H17NO2. The van der Waals surface area contributed by atoms with Crippen molar-refractivity contribution in [2.75, 3.05) is 6.61 Å². The predicted octanol–water partition coefficient (Wildman–Crippen LogP) is 1.62. The molecule has 15 heavy (non-hydrogen) atoms. The SMILES string of the molecule is CCc1c(C)[nH]c2c1C(=O)[C@H](CO)CC2. The molecule has 1 aliphatic carbocycles. The number of aliphatic hydroxyl groups is 1. The van der Waals surface area contributed by atoms with Crippen molar-refractivity contribution in [2.45, 2.75) is 33.1 Å². The largest absolute Gasteiger partial charge is 0.396 e. The van der Waals surface area contributed by atoms with Gasteiger partial charge in [-0.1, -0.05) is 6.92 Å². The molecule has 0 radical (unpaired) electrons. The van der Waals surface area contributed by atoms with E-state index in [4.69, 9.17) is 5.11 Å². The summed E-state index contributed by atoms with van der Waals surface area (Å²) in [6, 6.07) is 0. The Hall–Kier alpha value is -1.09. The van der Waals surface area contributed by atoms with E-state index in [0.717, 1.165) is 41.8 Å². The van der Waals surface area contributed by atoms with Gasteiger partial charge in [0.2, 0.25) is 0 Å². The zero-order valence-electron chi connectivity index (χ0n) is 9.26. The first-order valence-electron chi connectivity index (χ1n) is 5.54. The molecule has 0 fully saturated rings. The number of carbonyl (C=O) groups excluding carboxylic acids is 1. The summed E-state index contributed by atoms with van der Waals surface area (Å²) in [6.45, 7) is 4.05. The number of fused-ring (bicyclic) bond motifs is 1. The summed E-state index contributed by atoms with van der Waals surface area (Å²) < 4.78 is 0. The maximum absolute atomic E-state index is 12.1. The maximum Gasteiger partial charge on any atom is 0.170 e. The molecule has 1 aliphatic rings. The molecule has 3 heteroatoms. The number of aryl methyl sites for hydroxylation is 2. The van der Waals surface area contributed by atoms with Gasteiger partial charge in [0.1, 0.15) is 0 Å². The highest BCUT2D eigenvalue weighted by Gasteiger charge is 2.30. The van der Waals surface area contributed by atoms with E-state index in [1.165, 1.54) is 0 Å². The molecule has 2 rings (SSSR count). The van der Waals surface area contributed by atoms with Crippen LogP contribution in [-0.4, -0.2) is 22.5 Å². The van der Waals surface area contributed by atoms with Crippen LogP contribution in [-0.2, 0) is 12.8 Å². The van der Waals surface area contributed by atoms with E-state index in [2.05, 4.69) is 11.9 Å². The zero-order chi connectivity index (χ0) is 11.0. The molecule has 0 unspecified atom stereocenters. The van der Waals surface area contributed by atoms with E-state index in [0.29, 0.717) is 0 Å². The predicted molar refractivity (Wildman–Crippen MR) is 58.1 cm³/mol. The van der Waals surface area contributed by atoms with Gasteiger partial charge < -0.3 is 10.1 Å². The Labute approximate surface area is 89.5 Å². The number of nitrogens with one attached hydrogen (secondary N) is 1. The molecule has 0 amide bonds. The second-order valence-corrected chi connectivity index (χ2v) is 4.22. The van der Waals surface area contributed by atoms with Crippen LogP contribution in [0.4, 0.5) is 0 Å². The second-order valence-electron chi connectivity index (χ2n) is 4.22. The van der Waals surface area contributed by atoms with Gasteiger partial charge >= 0.3 is 0 Å². The normalized spacial score (nSPS) is 20.5. The lowest BCUT2D eigenvalue weighted by Gasteiger charge is -2.19. The Morgan fingerprint density at radius 2 is 2.27 bits per heavy atom. The van der Waals surface area contributed by atoms with Crippen molar-refractivity contribution < 1.29 is 9.90 Å². The fraction of sp³-hybridized carbons (Fsp3) is 0.583. The van der Waals surface area contributed by atoms with Crippen LogP contribution in [0.15, 0.2) is 0 Å². The number of hydrogen-bond acceptors (Lipinski definition) is 2. The number of aromatic nitrogens is 1. The zero-order valence-corrected chi connectivity index (χ0v) is 9.26. The average molecular weight is 207 g/mol. The van der Waals surface area contributed by atoms with Crippen molar-refractivity contribution in [3.63, 3.8) is 0 Å². The van der Waals surface area contributed by atoms with Crippen molar-refractivity contribution in [3.05, 3.63) is 22.5 Å². The molecule has 0 saturated carbocycles. The van der Waals surface area contributed by atoms with Crippen molar-refractivity contribution >= 4 is 5.78 Å². The summed E-state index contributed by atoms with van der Waals surface area (Å²) in [5, 5.41) is 9.13. The molecule has 0 aromatic carbocycles. The smallest absolute Gasteiger partial charge is 0.170 e. The van der Waals surface area contributed by atoms with Crippen LogP contribution >= 0.6 is 0 Å². The van der Waals surface area contributed by atoms with Crippen LogP contribution in [0, 0.1) is 12.8 Å². The lowest BCUT2D eigenvalue weighted by atomic mass is 9.84. The van der Waals surface area contributed by atoms with Gasteiger partial charge in [-0.3, -0.25) is 4.79 Å². The number of Topliss-reactive ketones (excluding diaryl/α,β-unsaturated/α-hetero) is 1. The summed E-state index contributed by atoms with van der Waals surface area (Å²) in [7, 11) is 0. The minimum absolute atomic E-state index is 0.0222. The summed E-state index contributed by atoms with van der Waals surface area (Å²) >= 11 is 0. The minimum Gasteiger partial charge on any atom is -0.396 e. The Bertz CT molecular complexity index is 393. The van der Waals surface area contributed by atoms with Crippen molar-refractivity contribution in [3.8, 4) is 0 Å². The van der Waals surface area contributed by atoms with Crippen LogP contribution in [0.3, 0.4) is 0 Å². The molecule has 1 aromatic heterocycles. The van der Waals surface area contributed by atoms with Crippen LogP contribution in [0.25, 0.3) is 0 Å². The Morgan fingerprint density at radius 1 is 1.53 bits per heavy atom. The fourth-order valence-electron chi connectivity index (χ4n) is 2.49. The molecule has 82 valence electrons. The molecule has 0 spiro atoms.